The summed E-state index contributed by atoms with van der Waals surface area (Å²) in [5.74, 6) is 1.56. The van der Waals surface area contributed by atoms with Gasteiger partial charge in [-0.3, -0.25) is 0 Å². The molecule has 20 heavy (non-hydrogen) atoms. The summed E-state index contributed by atoms with van der Waals surface area (Å²) >= 11 is 0. The summed E-state index contributed by atoms with van der Waals surface area (Å²) in [6, 6.07) is 5.72. The number of hydrogen-bond donors (Lipinski definition) is 0. The Kier molecular flexibility index (Phi) is 3.20. The van der Waals surface area contributed by atoms with E-state index in [1.165, 1.54) is 6.33 Å². The third-order valence-electron chi connectivity index (χ3n) is 3.14. The van der Waals surface area contributed by atoms with Gasteiger partial charge < -0.3 is 14.0 Å². The maximum atomic E-state index is 5.40. The van der Waals surface area contributed by atoms with Gasteiger partial charge in [0.25, 0.3) is 0 Å². The molecule has 6 nitrogen and oxygen atoms in total. The molecule has 3 rings (SSSR count). The minimum atomic E-state index is 0.570. The monoisotopic (exact) mass is 270 g/mol. The van der Waals surface area contributed by atoms with Gasteiger partial charge >= 0.3 is 0 Å². The second-order valence-corrected chi connectivity index (χ2v) is 4.25. The lowest BCUT2D eigenvalue weighted by atomic mass is 10.1. The summed E-state index contributed by atoms with van der Waals surface area (Å²) in [4.78, 5) is 12.5. The van der Waals surface area contributed by atoms with Gasteiger partial charge in [0, 0.05) is 0 Å². The zero-order valence-electron chi connectivity index (χ0n) is 11.3. The number of fused-ring (bicyclic) bond motifs is 1. The molecule has 102 valence electrons. The van der Waals surface area contributed by atoms with Crippen LogP contribution in [0.25, 0.3) is 11.2 Å². The molecule has 6 heteroatoms. The number of hydrogen-bond acceptors (Lipinski definition) is 5. The van der Waals surface area contributed by atoms with Gasteiger partial charge in [-0.15, -0.1) is 0 Å². The standard InChI is InChI=1S/C14H14N4O2/c1-19-12-4-3-5-13(20-2)10(12)7-18-9-17-11-6-15-8-16-14(11)18/h3-6,8-9H,7H2,1-2H3. The second kappa shape index (κ2) is 5.16. The second-order valence-electron chi connectivity index (χ2n) is 4.25. The summed E-state index contributed by atoms with van der Waals surface area (Å²) in [5, 5.41) is 0. The highest BCUT2D eigenvalue weighted by Crippen LogP contribution is 2.29. The Bertz CT molecular complexity index is 717. The number of nitrogens with zero attached hydrogens (tertiary/aromatic N) is 4. The fraction of sp³-hybridized carbons (Fsp3) is 0.214. The van der Waals surface area contributed by atoms with Crippen LogP contribution in [0.2, 0.25) is 0 Å². The van der Waals surface area contributed by atoms with Crippen molar-refractivity contribution in [3.63, 3.8) is 0 Å². The first kappa shape index (κ1) is 12.4. The molecule has 0 spiro atoms. The molecule has 0 radical (unpaired) electrons. The van der Waals surface area contributed by atoms with Crippen molar-refractivity contribution in [3.05, 3.63) is 42.6 Å². The first-order valence-corrected chi connectivity index (χ1v) is 6.14. The molecule has 0 N–H and O–H groups in total. The molecule has 2 heterocycles. The predicted molar refractivity (Wildman–Crippen MR) is 74.0 cm³/mol. The molecule has 2 aromatic heterocycles. The van der Waals surface area contributed by atoms with Gasteiger partial charge in [0.05, 0.1) is 38.9 Å². The highest BCUT2D eigenvalue weighted by atomic mass is 16.5. The van der Waals surface area contributed by atoms with Crippen LogP contribution in [-0.2, 0) is 6.54 Å². The van der Waals surface area contributed by atoms with E-state index in [4.69, 9.17) is 9.47 Å². The van der Waals surface area contributed by atoms with Crippen LogP contribution in [-0.4, -0.2) is 33.7 Å². The molecule has 1 aromatic carbocycles. The number of benzene rings is 1. The van der Waals surface area contributed by atoms with E-state index in [9.17, 15) is 0 Å². The molecule has 0 unspecified atom stereocenters. The van der Waals surface area contributed by atoms with Crippen LogP contribution in [0.5, 0.6) is 11.5 Å². The van der Waals surface area contributed by atoms with E-state index in [2.05, 4.69) is 15.0 Å². The topological polar surface area (TPSA) is 62.1 Å². The number of methoxy groups -OCH3 is 2. The van der Waals surface area contributed by atoms with Crippen LogP contribution < -0.4 is 9.47 Å². The quantitative estimate of drug-likeness (QED) is 0.724. The molecular weight excluding hydrogens is 256 g/mol. The van der Waals surface area contributed by atoms with Gasteiger partial charge in [0.1, 0.15) is 23.3 Å². The van der Waals surface area contributed by atoms with E-state index in [1.807, 2.05) is 22.8 Å². The van der Waals surface area contributed by atoms with E-state index in [1.54, 1.807) is 26.7 Å². The van der Waals surface area contributed by atoms with E-state index in [-0.39, 0.29) is 0 Å². The number of aromatic nitrogens is 4. The Balaban J connectivity index is 2.07. The predicted octanol–water partition coefficient (Wildman–Crippen LogP) is 1.89. The highest BCUT2D eigenvalue weighted by molar-refractivity contribution is 5.69. The Morgan fingerprint density at radius 2 is 1.85 bits per heavy atom. The van der Waals surface area contributed by atoms with Crippen molar-refractivity contribution in [3.8, 4) is 11.5 Å². The van der Waals surface area contributed by atoms with Crippen molar-refractivity contribution in [2.75, 3.05) is 14.2 Å². The van der Waals surface area contributed by atoms with Gasteiger partial charge in [-0.1, -0.05) is 6.07 Å². The minimum absolute atomic E-state index is 0.570. The van der Waals surface area contributed by atoms with Crippen LogP contribution in [0.4, 0.5) is 0 Å². The van der Waals surface area contributed by atoms with Gasteiger partial charge in [0.2, 0.25) is 0 Å². The zero-order valence-corrected chi connectivity index (χ0v) is 11.3. The van der Waals surface area contributed by atoms with Crippen LogP contribution >= 0.6 is 0 Å². The van der Waals surface area contributed by atoms with E-state index in [0.717, 1.165) is 28.2 Å². The summed E-state index contributed by atoms with van der Waals surface area (Å²) in [6.45, 7) is 0.570. The molecule has 0 aliphatic carbocycles. The Morgan fingerprint density at radius 3 is 2.55 bits per heavy atom. The highest BCUT2D eigenvalue weighted by Gasteiger charge is 2.12. The van der Waals surface area contributed by atoms with Crippen molar-refractivity contribution in [1.29, 1.82) is 0 Å². The lowest BCUT2D eigenvalue weighted by Gasteiger charge is -2.13. The van der Waals surface area contributed by atoms with Gasteiger partial charge in [-0.25, -0.2) is 15.0 Å². The average molecular weight is 270 g/mol. The molecule has 0 amide bonds. The van der Waals surface area contributed by atoms with Crippen LogP contribution in [0.1, 0.15) is 5.56 Å². The summed E-state index contributed by atoms with van der Waals surface area (Å²) in [7, 11) is 3.29. The van der Waals surface area contributed by atoms with Crippen molar-refractivity contribution in [1.82, 2.24) is 19.5 Å². The molecule has 0 fully saturated rings. The summed E-state index contributed by atoms with van der Waals surface area (Å²) < 4.78 is 12.7. The fourth-order valence-corrected chi connectivity index (χ4v) is 2.18. The van der Waals surface area contributed by atoms with Crippen molar-refractivity contribution < 1.29 is 9.47 Å². The maximum Gasteiger partial charge on any atom is 0.163 e. The zero-order chi connectivity index (χ0) is 13.9. The molecule has 0 aliphatic heterocycles. The Labute approximate surface area is 116 Å². The van der Waals surface area contributed by atoms with E-state index >= 15 is 0 Å². The Hall–Kier alpha value is -2.63. The molecular formula is C14H14N4O2. The molecule has 3 aromatic rings. The molecule has 0 saturated carbocycles. The largest absolute Gasteiger partial charge is 0.496 e. The molecule has 0 atom stereocenters. The molecule has 0 bridgehead atoms. The minimum Gasteiger partial charge on any atom is -0.496 e. The third kappa shape index (κ3) is 2.05. The van der Waals surface area contributed by atoms with Gasteiger partial charge in [-0.05, 0) is 12.1 Å². The number of ether oxygens (including phenoxy) is 2. The van der Waals surface area contributed by atoms with Crippen molar-refractivity contribution in [2.45, 2.75) is 6.54 Å². The van der Waals surface area contributed by atoms with Crippen molar-refractivity contribution in [2.24, 2.45) is 0 Å². The maximum absolute atomic E-state index is 5.40. The average Bonchev–Trinajstić information content (AvgIpc) is 2.91. The van der Waals surface area contributed by atoms with E-state index in [0.29, 0.717) is 6.54 Å². The van der Waals surface area contributed by atoms with Crippen LogP contribution in [0.15, 0.2) is 37.1 Å². The normalized spacial score (nSPS) is 10.7. The summed E-state index contributed by atoms with van der Waals surface area (Å²) in [6.07, 6.45) is 4.95. The van der Waals surface area contributed by atoms with Gasteiger partial charge in [0.15, 0.2) is 5.65 Å². The number of imidazole rings is 1. The SMILES string of the molecule is COc1cccc(OC)c1Cn1cnc2cncnc21. The van der Waals surface area contributed by atoms with Crippen LogP contribution in [0, 0.1) is 0 Å². The Morgan fingerprint density at radius 1 is 1.10 bits per heavy atom. The van der Waals surface area contributed by atoms with Crippen molar-refractivity contribution >= 4 is 11.2 Å². The summed E-state index contributed by atoms with van der Waals surface area (Å²) in [5.41, 5.74) is 2.50. The molecule has 0 aliphatic rings. The lowest BCUT2D eigenvalue weighted by molar-refractivity contribution is 0.383. The molecule has 0 saturated heterocycles. The number of rotatable bonds is 4. The first-order chi connectivity index (χ1) is 9.83. The van der Waals surface area contributed by atoms with Gasteiger partial charge in [-0.2, -0.15) is 0 Å². The smallest absolute Gasteiger partial charge is 0.163 e. The van der Waals surface area contributed by atoms with E-state index < -0.39 is 0 Å². The lowest BCUT2D eigenvalue weighted by Crippen LogP contribution is -2.04. The fourth-order valence-electron chi connectivity index (χ4n) is 2.18. The first-order valence-electron chi connectivity index (χ1n) is 6.14. The third-order valence-corrected chi connectivity index (χ3v) is 3.14. The van der Waals surface area contributed by atoms with Crippen LogP contribution in [0.3, 0.4) is 0 Å².